The average Bonchev–Trinajstić information content (AvgIpc) is 2.56. The largest absolute Gasteiger partial charge is 0.384 e. The fourth-order valence-electron chi connectivity index (χ4n) is 1.35. The number of H-pyrrole nitrogens is 1. The second-order valence-electron chi connectivity index (χ2n) is 3.25. The van der Waals surface area contributed by atoms with Crippen LogP contribution in [0.3, 0.4) is 0 Å². The molecule has 0 aliphatic carbocycles. The molecular weight excluding hydrogens is 178 g/mol. The third-order valence-electron chi connectivity index (χ3n) is 2.08. The first-order valence-electron chi connectivity index (χ1n) is 4.61. The van der Waals surface area contributed by atoms with Crippen molar-refractivity contribution in [3.05, 3.63) is 23.7 Å². The highest BCUT2D eigenvalue weighted by Gasteiger charge is 2.02. The van der Waals surface area contributed by atoms with Crippen molar-refractivity contribution in [2.24, 2.45) is 0 Å². The highest BCUT2D eigenvalue weighted by atomic mass is 16.5. The highest BCUT2D eigenvalue weighted by molar-refractivity contribution is 5.70. The van der Waals surface area contributed by atoms with E-state index in [4.69, 9.17) is 4.74 Å². The summed E-state index contributed by atoms with van der Waals surface area (Å²) in [6.07, 6.45) is 0.798. The smallest absolute Gasteiger partial charge is 0.177 e. The van der Waals surface area contributed by atoms with E-state index in [0.717, 1.165) is 29.1 Å². The topological polar surface area (TPSA) is 50.8 Å². The molecule has 0 bridgehead atoms. The lowest BCUT2D eigenvalue weighted by atomic mass is 10.3. The predicted octanol–water partition coefficient (Wildman–Crippen LogP) is 1.46. The summed E-state index contributed by atoms with van der Waals surface area (Å²) < 4.78 is 4.99. The Morgan fingerprint density at radius 1 is 1.36 bits per heavy atom. The third-order valence-corrected chi connectivity index (χ3v) is 2.08. The summed E-state index contributed by atoms with van der Waals surface area (Å²) in [5.74, 6) is 0.931. The van der Waals surface area contributed by atoms with Crippen LogP contribution in [0.1, 0.15) is 11.5 Å². The van der Waals surface area contributed by atoms with E-state index in [1.165, 1.54) is 0 Å². The quantitative estimate of drug-likeness (QED) is 0.799. The van der Waals surface area contributed by atoms with E-state index in [0.29, 0.717) is 6.61 Å². The van der Waals surface area contributed by atoms with Crippen LogP contribution in [-0.4, -0.2) is 28.7 Å². The lowest BCUT2D eigenvalue weighted by Gasteiger charge is -1.92. The molecule has 0 aliphatic rings. The zero-order chi connectivity index (χ0) is 9.97. The van der Waals surface area contributed by atoms with E-state index in [-0.39, 0.29) is 0 Å². The number of pyridine rings is 1. The van der Waals surface area contributed by atoms with Crippen LogP contribution >= 0.6 is 0 Å². The van der Waals surface area contributed by atoms with E-state index >= 15 is 0 Å². The summed E-state index contributed by atoms with van der Waals surface area (Å²) in [6.45, 7) is 2.64. The van der Waals surface area contributed by atoms with E-state index in [1.54, 1.807) is 7.11 Å². The zero-order valence-electron chi connectivity index (χ0n) is 8.37. The van der Waals surface area contributed by atoms with Crippen LogP contribution in [0, 0.1) is 6.92 Å². The maximum Gasteiger partial charge on any atom is 0.177 e. The van der Waals surface area contributed by atoms with E-state index in [9.17, 15) is 0 Å². The Kier molecular flexibility index (Phi) is 2.45. The minimum atomic E-state index is 0.679. The number of nitrogens with one attached hydrogen (secondary N) is 1. The summed E-state index contributed by atoms with van der Waals surface area (Å²) in [7, 11) is 1.69. The highest BCUT2D eigenvalue weighted by Crippen LogP contribution is 2.09. The molecule has 0 aliphatic heterocycles. The van der Waals surface area contributed by atoms with Crippen LogP contribution in [0.5, 0.6) is 0 Å². The summed E-state index contributed by atoms with van der Waals surface area (Å²) >= 11 is 0. The molecule has 2 rings (SSSR count). The summed E-state index contributed by atoms with van der Waals surface area (Å²) in [5.41, 5.74) is 2.76. The number of methoxy groups -OCH3 is 1. The van der Waals surface area contributed by atoms with Crippen molar-refractivity contribution in [3.8, 4) is 0 Å². The number of hydrogen-bond donors (Lipinski definition) is 1. The number of imidazole rings is 1. The maximum atomic E-state index is 4.99. The number of hydrogen-bond acceptors (Lipinski definition) is 3. The van der Waals surface area contributed by atoms with Gasteiger partial charge in [0.2, 0.25) is 0 Å². The van der Waals surface area contributed by atoms with E-state index < -0.39 is 0 Å². The Balaban J connectivity index is 2.32. The lowest BCUT2D eigenvalue weighted by Crippen LogP contribution is -1.95. The normalized spacial score (nSPS) is 11.0. The molecule has 0 spiro atoms. The summed E-state index contributed by atoms with van der Waals surface area (Å²) in [5, 5.41) is 0. The Morgan fingerprint density at radius 2 is 2.21 bits per heavy atom. The Bertz CT molecular complexity index is 436. The molecule has 74 valence electrons. The Morgan fingerprint density at radius 3 is 3.00 bits per heavy atom. The first kappa shape index (κ1) is 9.15. The van der Waals surface area contributed by atoms with E-state index in [2.05, 4.69) is 15.0 Å². The summed E-state index contributed by atoms with van der Waals surface area (Å²) in [6, 6.07) is 3.97. The monoisotopic (exact) mass is 191 g/mol. The van der Waals surface area contributed by atoms with Gasteiger partial charge in [-0.3, -0.25) is 0 Å². The molecule has 4 nitrogen and oxygen atoms in total. The molecule has 4 heteroatoms. The molecule has 0 atom stereocenters. The van der Waals surface area contributed by atoms with Crippen LogP contribution in [-0.2, 0) is 11.2 Å². The molecule has 0 aromatic carbocycles. The van der Waals surface area contributed by atoms with Gasteiger partial charge >= 0.3 is 0 Å². The zero-order valence-corrected chi connectivity index (χ0v) is 8.37. The van der Waals surface area contributed by atoms with Gasteiger partial charge in [0.1, 0.15) is 5.82 Å². The molecule has 14 heavy (non-hydrogen) atoms. The number of fused-ring (bicyclic) bond motifs is 1. The van der Waals surface area contributed by atoms with Crippen molar-refractivity contribution in [2.75, 3.05) is 13.7 Å². The molecule has 2 heterocycles. The summed E-state index contributed by atoms with van der Waals surface area (Å²) in [4.78, 5) is 11.9. The van der Waals surface area contributed by atoms with Crippen molar-refractivity contribution in [2.45, 2.75) is 13.3 Å². The molecule has 0 unspecified atom stereocenters. The second-order valence-corrected chi connectivity index (χ2v) is 3.25. The molecule has 1 N–H and O–H groups in total. The van der Waals surface area contributed by atoms with Crippen molar-refractivity contribution in [3.63, 3.8) is 0 Å². The van der Waals surface area contributed by atoms with Gasteiger partial charge in [-0.1, -0.05) is 0 Å². The van der Waals surface area contributed by atoms with Crippen LogP contribution in [0.2, 0.25) is 0 Å². The number of nitrogens with zero attached hydrogens (tertiary/aromatic N) is 2. The first-order chi connectivity index (χ1) is 6.79. The van der Waals surface area contributed by atoms with Gasteiger partial charge in [-0.15, -0.1) is 0 Å². The second kappa shape index (κ2) is 3.75. The van der Waals surface area contributed by atoms with Gasteiger partial charge in [-0.2, -0.15) is 0 Å². The van der Waals surface area contributed by atoms with Gasteiger partial charge in [0, 0.05) is 19.2 Å². The van der Waals surface area contributed by atoms with Crippen LogP contribution in [0.25, 0.3) is 11.2 Å². The average molecular weight is 191 g/mol. The van der Waals surface area contributed by atoms with Crippen LogP contribution in [0.15, 0.2) is 12.1 Å². The fraction of sp³-hybridized carbons (Fsp3) is 0.400. The standard InChI is InChI=1S/C10H13N3O/c1-7-3-4-8-10(11-7)13-9(12-8)5-6-14-2/h3-4H,5-6H2,1-2H3,(H,11,12,13). The number of aryl methyl sites for hydroxylation is 1. The van der Waals surface area contributed by atoms with Gasteiger partial charge in [-0.25, -0.2) is 9.97 Å². The Hall–Kier alpha value is -1.42. The van der Waals surface area contributed by atoms with Gasteiger partial charge in [0.05, 0.1) is 12.1 Å². The van der Waals surface area contributed by atoms with Crippen molar-refractivity contribution in [1.29, 1.82) is 0 Å². The van der Waals surface area contributed by atoms with Crippen LogP contribution < -0.4 is 0 Å². The third kappa shape index (κ3) is 1.75. The number of aromatic nitrogens is 3. The molecule has 0 amide bonds. The molecule has 2 aromatic rings. The Labute approximate surface area is 82.3 Å². The molecule has 0 saturated heterocycles. The molecule has 0 radical (unpaired) electrons. The lowest BCUT2D eigenvalue weighted by molar-refractivity contribution is 0.201. The molecule has 2 aromatic heterocycles. The van der Waals surface area contributed by atoms with Crippen molar-refractivity contribution < 1.29 is 4.74 Å². The van der Waals surface area contributed by atoms with Gasteiger partial charge < -0.3 is 9.72 Å². The van der Waals surface area contributed by atoms with Crippen molar-refractivity contribution >= 4 is 11.2 Å². The van der Waals surface area contributed by atoms with Gasteiger partial charge in [0.25, 0.3) is 0 Å². The predicted molar refractivity (Wildman–Crippen MR) is 54.2 cm³/mol. The fourth-order valence-corrected chi connectivity index (χ4v) is 1.35. The van der Waals surface area contributed by atoms with Crippen LogP contribution in [0.4, 0.5) is 0 Å². The molecule has 0 saturated carbocycles. The molecular formula is C10H13N3O. The first-order valence-corrected chi connectivity index (χ1v) is 4.61. The molecule has 0 fully saturated rings. The van der Waals surface area contributed by atoms with Gasteiger partial charge in [-0.05, 0) is 19.1 Å². The SMILES string of the molecule is COCCc1nc2nc(C)ccc2[nH]1. The number of aromatic amines is 1. The minimum Gasteiger partial charge on any atom is -0.384 e. The number of ether oxygens (including phenoxy) is 1. The maximum absolute atomic E-state index is 4.99. The number of rotatable bonds is 3. The van der Waals surface area contributed by atoms with E-state index in [1.807, 2.05) is 19.1 Å². The van der Waals surface area contributed by atoms with Crippen molar-refractivity contribution in [1.82, 2.24) is 15.0 Å². The minimum absolute atomic E-state index is 0.679. The van der Waals surface area contributed by atoms with Gasteiger partial charge in [0.15, 0.2) is 5.65 Å².